The number of nitrogen functional groups attached to an aromatic ring is 1. The summed E-state index contributed by atoms with van der Waals surface area (Å²) >= 11 is 6.62. The van der Waals surface area contributed by atoms with E-state index in [1.54, 1.807) is 25.1 Å². The predicted octanol–water partition coefficient (Wildman–Crippen LogP) is 4.77. The van der Waals surface area contributed by atoms with Crippen molar-refractivity contribution in [1.82, 2.24) is 0 Å². The van der Waals surface area contributed by atoms with E-state index in [1.165, 1.54) is 24.3 Å². The first kappa shape index (κ1) is 17.2. The van der Waals surface area contributed by atoms with Gasteiger partial charge in [0.1, 0.15) is 5.82 Å². The number of para-hydroxylation sites is 2. The Hall–Kier alpha value is -2.59. The molecule has 3 nitrogen and oxygen atoms in total. The molecule has 3 N–H and O–H groups in total. The number of allylic oxidation sites excluding steroid dienone is 3. The van der Waals surface area contributed by atoms with E-state index in [0.29, 0.717) is 11.3 Å². The maximum absolute atomic E-state index is 13.1. The molecule has 2 aromatic carbocycles. The Bertz CT molecular complexity index is 856. The average Bonchev–Trinajstić information content (AvgIpc) is 2.56. The lowest BCUT2D eigenvalue weighted by atomic mass is 9.82. The number of benzene rings is 2. The molecule has 128 valence electrons. The van der Waals surface area contributed by atoms with Crippen molar-refractivity contribution in [2.45, 2.75) is 11.8 Å². The number of hydrogen-bond donors (Lipinski definition) is 2. The Morgan fingerprint density at radius 2 is 1.88 bits per heavy atom. The molecule has 3 rings (SSSR count). The molecule has 0 aromatic heterocycles. The van der Waals surface area contributed by atoms with Crippen LogP contribution in [-0.4, -0.2) is 10.7 Å². The fourth-order valence-electron chi connectivity index (χ4n) is 2.81. The van der Waals surface area contributed by atoms with Gasteiger partial charge in [0.25, 0.3) is 0 Å². The highest BCUT2D eigenvalue weighted by Gasteiger charge is 2.36. The third-order valence-electron chi connectivity index (χ3n) is 4.17. The molecule has 0 saturated heterocycles. The molecule has 0 amide bonds. The Morgan fingerprint density at radius 1 is 1.20 bits per heavy atom. The summed E-state index contributed by atoms with van der Waals surface area (Å²) in [6.07, 6.45) is 5.37. The minimum Gasteiger partial charge on any atom is -0.397 e. The number of halogens is 2. The van der Waals surface area contributed by atoms with Crippen LogP contribution in [-0.2, 0) is 0 Å². The summed E-state index contributed by atoms with van der Waals surface area (Å²) < 4.78 is 13.1. The van der Waals surface area contributed by atoms with Crippen molar-refractivity contribution in [2.75, 3.05) is 11.1 Å². The average molecular weight is 357 g/mol. The molecule has 25 heavy (non-hydrogen) atoms. The number of carbonyl (C=O) groups excluding carboxylic acids is 1. The van der Waals surface area contributed by atoms with Crippen molar-refractivity contribution >= 4 is 28.8 Å². The highest BCUT2D eigenvalue weighted by atomic mass is 35.5. The standard InChI is InChI=1S/C20H18ClFN2O/c1-20(21)12-15(24-18-5-3-2-4-17(18)23)10-11-16(20)19(25)13-6-8-14(22)9-7-13/h2-12,16,24H,23H2,1H3. The Kier molecular flexibility index (Phi) is 4.64. The second kappa shape index (κ2) is 6.73. The van der Waals surface area contributed by atoms with Gasteiger partial charge in [-0.05, 0) is 55.5 Å². The van der Waals surface area contributed by atoms with Crippen LogP contribution < -0.4 is 11.1 Å². The zero-order valence-electron chi connectivity index (χ0n) is 13.7. The minimum atomic E-state index is -0.911. The lowest BCUT2D eigenvalue weighted by Gasteiger charge is -2.30. The van der Waals surface area contributed by atoms with E-state index in [2.05, 4.69) is 5.32 Å². The SMILES string of the molecule is CC1(Cl)C=C(Nc2ccccc2N)C=CC1C(=O)c1ccc(F)cc1. The molecule has 2 unspecified atom stereocenters. The van der Waals surface area contributed by atoms with Crippen molar-refractivity contribution in [3.05, 3.63) is 83.8 Å². The maximum atomic E-state index is 13.1. The van der Waals surface area contributed by atoms with E-state index in [9.17, 15) is 9.18 Å². The van der Waals surface area contributed by atoms with E-state index < -0.39 is 10.8 Å². The molecule has 5 heteroatoms. The molecule has 2 atom stereocenters. The fourth-order valence-corrected chi connectivity index (χ4v) is 3.10. The van der Waals surface area contributed by atoms with Crippen LogP contribution in [0.1, 0.15) is 17.3 Å². The molecule has 0 radical (unpaired) electrons. The molecular weight excluding hydrogens is 339 g/mol. The second-order valence-electron chi connectivity index (χ2n) is 6.17. The van der Waals surface area contributed by atoms with Crippen molar-refractivity contribution in [3.63, 3.8) is 0 Å². The third-order valence-corrected chi connectivity index (χ3v) is 4.51. The lowest BCUT2D eigenvalue weighted by molar-refractivity contribution is 0.0932. The van der Waals surface area contributed by atoms with Crippen LogP contribution in [0.25, 0.3) is 0 Å². The second-order valence-corrected chi connectivity index (χ2v) is 6.99. The van der Waals surface area contributed by atoms with Crippen molar-refractivity contribution < 1.29 is 9.18 Å². The first-order valence-corrected chi connectivity index (χ1v) is 8.26. The topological polar surface area (TPSA) is 55.1 Å². The summed E-state index contributed by atoms with van der Waals surface area (Å²) in [5, 5.41) is 3.22. The van der Waals surface area contributed by atoms with Crippen LogP contribution in [0.3, 0.4) is 0 Å². The quantitative estimate of drug-likeness (QED) is 0.471. The number of Topliss-reactive ketones (excluding diaryl/α,β-unsaturated/α-hetero) is 1. The molecule has 0 spiro atoms. The molecule has 0 heterocycles. The highest BCUT2D eigenvalue weighted by molar-refractivity contribution is 6.28. The summed E-state index contributed by atoms with van der Waals surface area (Å²) in [6, 6.07) is 12.9. The first-order valence-electron chi connectivity index (χ1n) is 7.88. The van der Waals surface area contributed by atoms with Crippen molar-refractivity contribution in [2.24, 2.45) is 5.92 Å². The van der Waals surface area contributed by atoms with Gasteiger partial charge in [-0.15, -0.1) is 11.6 Å². The van der Waals surface area contributed by atoms with Gasteiger partial charge < -0.3 is 11.1 Å². The number of nitrogens with two attached hydrogens (primary N) is 1. The number of carbonyl (C=O) groups is 1. The van der Waals surface area contributed by atoms with Gasteiger partial charge in [0.05, 0.1) is 22.2 Å². The summed E-state index contributed by atoms with van der Waals surface area (Å²) in [5.74, 6) is -1.07. The van der Waals surface area contributed by atoms with Gasteiger partial charge in [-0.1, -0.05) is 18.2 Å². The number of hydrogen-bond acceptors (Lipinski definition) is 3. The summed E-state index contributed by atoms with van der Waals surface area (Å²) in [5.41, 5.74) is 8.53. The van der Waals surface area contributed by atoms with Crippen molar-refractivity contribution in [3.8, 4) is 0 Å². The summed E-state index contributed by atoms with van der Waals surface area (Å²) in [7, 11) is 0. The van der Waals surface area contributed by atoms with E-state index in [0.717, 1.165) is 11.4 Å². The van der Waals surface area contributed by atoms with E-state index in [4.69, 9.17) is 17.3 Å². The molecule has 1 aliphatic carbocycles. The number of ketones is 1. The highest BCUT2D eigenvalue weighted by Crippen LogP contribution is 2.36. The smallest absolute Gasteiger partial charge is 0.171 e. The monoisotopic (exact) mass is 356 g/mol. The van der Waals surface area contributed by atoms with E-state index in [1.807, 2.05) is 24.3 Å². The van der Waals surface area contributed by atoms with Gasteiger partial charge >= 0.3 is 0 Å². The molecule has 0 fully saturated rings. The van der Waals surface area contributed by atoms with Crippen LogP contribution in [0.15, 0.2) is 72.5 Å². The van der Waals surface area contributed by atoms with Crippen LogP contribution in [0.2, 0.25) is 0 Å². The number of nitrogens with one attached hydrogen (secondary N) is 1. The zero-order chi connectivity index (χ0) is 18.0. The van der Waals surface area contributed by atoms with Gasteiger partial charge in [-0.25, -0.2) is 4.39 Å². The molecule has 1 aliphatic rings. The van der Waals surface area contributed by atoms with Crippen LogP contribution in [0, 0.1) is 11.7 Å². The number of anilines is 2. The largest absolute Gasteiger partial charge is 0.397 e. The predicted molar refractivity (Wildman–Crippen MR) is 100 cm³/mol. The van der Waals surface area contributed by atoms with Gasteiger partial charge in [0.15, 0.2) is 5.78 Å². The van der Waals surface area contributed by atoms with Crippen LogP contribution in [0.4, 0.5) is 15.8 Å². The Balaban J connectivity index is 1.81. The molecule has 0 aliphatic heterocycles. The van der Waals surface area contributed by atoms with Crippen molar-refractivity contribution in [1.29, 1.82) is 0 Å². The van der Waals surface area contributed by atoms with E-state index >= 15 is 0 Å². The Morgan fingerprint density at radius 3 is 2.52 bits per heavy atom. The van der Waals surface area contributed by atoms with Crippen LogP contribution in [0.5, 0.6) is 0 Å². The van der Waals surface area contributed by atoms with E-state index in [-0.39, 0.29) is 11.6 Å². The summed E-state index contributed by atoms with van der Waals surface area (Å²) in [4.78, 5) is 11.8. The Labute approximate surface area is 151 Å². The zero-order valence-corrected chi connectivity index (χ0v) is 14.4. The van der Waals surface area contributed by atoms with Gasteiger partial charge in [0, 0.05) is 11.3 Å². The van der Waals surface area contributed by atoms with Gasteiger partial charge in [-0.3, -0.25) is 4.79 Å². The molecular formula is C20H18ClFN2O. The molecule has 0 bridgehead atoms. The van der Waals surface area contributed by atoms with Crippen LogP contribution >= 0.6 is 11.6 Å². The maximum Gasteiger partial charge on any atom is 0.171 e. The normalized spacial score (nSPS) is 22.4. The molecule has 2 aromatic rings. The fraction of sp³-hybridized carbons (Fsp3) is 0.150. The third kappa shape index (κ3) is 3.74. The minimum absolute atomic E-state index is 0.150. The molecule has 0 saturated carbocycles. The number of alkyl halides is 1. The lowest BCUT2D eigenvalue weighted by Crippen LogP contribution is -2.34. The van der Waals surface area contributed by atoms with Gasteiger partial charge in [0.2, 0.25) is 0 Å². The summed E-state index contributed by atoms with van der Waals surface area (Å²) in [6.45, 7) is 1.78. The number of rotatable bonds is 4. The van der Waals surface area contributed by atoms with Gasteiger partial charge in [-0.2, -0.15) is 0 Å². The first-order chi connectivity index (χ1) is 11.9.